The zero-order valence-electron chi connectivity index (χ0n) is 36.1. The first-order chi connectivity index (χ1) is 33.0. The highest BCUT2D eigenvalue weighted by Gasteiger charge is 2.39. The van der Waals surface area contributed by atoms with Gasteiger partial charge in [-0.15, -0.1) is 0 Å². The summed E-state index contributed by atoms with van der Waals surface area (Å²) in [4.78, 5) is 9.67. The summed E-state index contributed by atoms with van der Waals surface area (Å²) in [7, 11) is 0. The Hall–Kier alpha value is -8.13. The predicted octanol–water partition coefficient (Wildman–Crippen LogP) is 16.2. The quantitative estimate of drug-likeness (QED) is 0.162. The van der Waals surface area contributed by atoms with Crippen LogP contribution in [0.3, 0.4) is 0 Å². The molecule has 17 heteroatoms. The maximum absolute atomic E-state index is 14.1. The molecule has 0 fully saturated rings. The zero-order valence-corrected chi connectivity index (χ0v) is 36.1. The molecule has 0 aliphatic rings. The van der Waals surface area contributed by atoms with Crippen molar-refractivity contribution >= 4 is 43.6 Å². The highest BCUT2D eigenvalue weighted by Crippen LogP contribution is 2.46. The lowest BCUT2D eigenvalue weighted by Gasteiger charge is -2.20. The van der Waals surface area contributed by atoms with E-state index in [2.05, 4.69) is 6.07 Å². The van der Waals surface area contributed by atoms with Gasteiger partial charge in [-0.2, -0.15) is 57.9 Å². The van der Waals surface area contributed by atoms with Gasteiger partial charge in [0.2, 0.25) is 0 Å². The van der Waals surface area contributed by atoms with Gasteiger partial charge in [-0.25, -0.2) is 9.97 Å². The Balaban J connectivity index is 1.33. The van der Waals surface area contributed by atoms with Crippen molar-refractivity contribution in [3.05, 3.63) is 179 Å². The van der Waals surface area contributed by atoms with Crippen LogP contribution in [0, 0.1) is 25.2 Å². The molecule has 0 bridgehead atoms. The number of aromatic nitrogens is 4. The van der Waals surface area contributed by atoms with E-state index in [1.165, 1.54) is 36.4 Å². The highest BCUT2D eigenvalue weighted by atomic mass is 19.4. The number of alkyl halides is 12. The van der Waals surface area contributed by atoms with Crippen LogP contribution in [0.4, 0.5) is 52.7 Å². The summed E-state index contributed by atoms with van der Waals surface area (Å²) in [5, 5.41) is 13.0. The fourth-order valence-electron chi connectivity index (χ4n) is 9.16. The van der Waals surface area contributed by atoms with Gasteiger partial charge in [0, 0.05) is 32.9 Å². The van der Waals surface area contributed by atoms with Crippen LogP contribution in [0.1, 0.15) is 39.2 Å². The third-order valence-electron chi connectivity index (χ3n) is 12.1. The zero-order chi connectivity index (χ0) is 49.8. The number of halogens is 12. The molecule has 3 heterocycles. The van der Waals surface area contributed by atoms with Crippen molar-refractivity contribution in [2.24, 2.45) is 0 Å². The van der Waals surface area contributed by atoms with Crippen molar-refractivity contribution in [1.82, 2.24) is 19.1 Å². The van der Waals surface area contributed by atoms with Gasteiger partial charge in [-0.05, 0) is 115 Å². The molecule has 3 aromatic heterocycles. The summed E-state index contributed by atoms with van der Waals surface area (Å²) in [6.45, 7) is 3.43. The second kappa shape index (κ2) is 16.0. The van der Waals surface area contributed by atoms with Crippen LogP contribution in [0.5, 0.6) is 0 Å². The van der Waals surface area contributed by atoms with E-state index in [0.717, 1.165) is 0 Å². The average Bonchev–Trinajstić information content (AvgIpc) is 3.81. The van der Waals surface area contributed by atoms with Crippen molar-refractivity contribution in [2.45, 2.75) is 38.6 Å². The lowest BCUT2D eigenvalue weighted by molar-refractivity contribution is -0.144. The molecular formula is C53H29F12N5. The van der Waals surface area contributed by atoms with Crippen LogP contribution >= 0.6 is 0 Å². The lowest BCUT2D eigenvalue weighted by Crippen LogP contribution is -2.11. The molecule has 70 heavy (non-hydrogen) atoms. The Morgan fingerprint density at radius 1 is 0.400 bits per heavy atom. The van der Waals surface area contributed by atoms with Crippen LogP contribution in [0.2, 0.25) is 0 Å². The van der Waals surface area contributed by atoms with E-state index < -0.39 is 47.0 Å². The van der Waals surface area contributed by atoms with Gasteiger partial charge in [0.15, 0.2) is 5.82 Å². The summed E-state index contributed by atoms with van der Waals surface area (Å²) in [5.41, 5.74) is -3.46. The monoisotopic (exact) mass is 963 g/mol. The van der Waals surface area contributed by atoms with E-state index in [1.807, 2.05) is 0 Å². The number of nitrogens with zero attached hydrogens (tertiary/aromatic N) is 5. The van der Waals surface area contributed by atoms with Gasteiger partial charge in [0.05, 0.1) is 72.9 Å². The third kappa shape index (κ3) is 7.92. The molecule has 0 atom stereocenters. The third-order valence-corrected chi connectivity index (χ3v) is 12.1. The fourth-order valence-corrected chi connectivity index (χ4v) is 9.16. The minimum absolute atomic E-state index is 0.00721. The minimum atomic E-state index is -5.13. The number of aryl methyl sites for hydroxylation is 2. The Bertz CT molecular complexity index is 3530. The molecule has 0 aliphatic heterocycles. The number of fused-ring (bicyclic) bond motifs is 6. The van der Waals surface area contributed by atoms with Crippen LogP contribution in [-0.2, 0) is 24.7 Å². The molecule has 10 rings (SSSR count). The minimum Gasteiger partial charge on any atom is -0.308 e. The maximum atomic E-state index is 14.1. The molecule has 7 aromatic carbocycles. The second-order valence-corrected chi connectivity index (χ2v) is 16.7. The Labute approximate surface area is 388 Å². The van der Waals surface area contributed by atoms with Crippen LogP contribution < -0.4 is 0 Å². The molecule has 0 saturated carbocycles. The second-order valence-electron chi connectivity index (χ2n) is 16.7. The van der Waals surface area contributed by atoms with Gasteiger partial charge >= 0.3 is 24.7 Å². The Morgan fingerprint density at radius 3 is 1.11 bits per heavy atom. The standard InChI is InChI=1S/C53H29F12N5/c1-27-15-28(2)68-49(67-27)48-46(69-42-9-5-3-7-38(42)40-13-11-30(22-44(40)69)32-18-34(50(54,55)56)24-35(19-32)51(57,58)59)16-29(26-66)17-47(48)70-43-10-6-4-8-39(43)41-14-12-31(23-45(41)70)33-20-36(52(60,61)62)25-37(21-33)53(63,64)65/h3-25H,1-2H3. The molecule has 0 N–H and O–H groups in total. The first-order valence-corrected chi connectivity index (χ1v) is 21.1. The SMILES string of the molecule is Cc1cc(C)nc(-c2c(-n3c4ccccc4c4ccc(-c5cc(C(F)(F)F)cc(C(F)(F)F)c5)cc43)cc(C#N)cc2-n2c3ccccc3c3ccc(-c4cc(C(F)(F)F)cc(C(F)(F)F)c4)cc32)n1. The molecule has 350 valence electrons. The van der Waals surface area contributed by atoms with Crippen molar-refractivity contribution < 1.29 is 52.7 Å². The molecule has 5 nitrogen and oxygen atoms in total. The van der Waals surface area contributed by atoms with E-state index in [1.54, 1.807) is 89.7 Å². The molecule has 10 aromatic rings. The molecule has 0 radical (unpaired) electrons. The number of para-hydroxylation sites is 2. The van der Waals surface area contributed by atoms with Crippen molar-refractivity contribution in [3.63, 3.8) is 0 Å². The number of nitriles is 1. The van der Waals surface area contributed by atoms with Gasteiger partial charge in [-0.3, -0.25) is 0 Å². The maximum Gasteiger partial charge on any atom is 0.416 e. The van der Waals surface area contributed by atoms with Crippen molar-refractivity contribution in [2.75, 3.05) is 0 Å². The largest absolute Gasteiger partial charge is 0.416 e. The van der Waals surface area contributed by atoms with Crippen molar-refractivity contribution in [1.29, 1.82) is 5.26 Å². The number of rotatable bonds is 5. The van der Waals surface area contributed by atoms with Gasteiger partial charge < -0.3 is 9.13 Å². The van der Waals surface area contributed by atoms with Crippen LogP contribution in [0.25, 0.3) is 88.6 Å². The average molecular weight is 964 g/mol. The molecule has 0 aliphatic carbocycles. The molecular weight excluding hydrogens is 935 g/mol. The normalized spacial score (nSPS) is 12.7. The number of hydrogen-bond donors (Lipinski definition) is 0. The first-order valence-electron chi connectivity index (χ1n) is 21.1. The summed E-state index contributed by atoms with van der Waals surface area (Å²) in [5.74, 6) is 0.108. The Kier molecular flexibility index (Phi) is 10.4. The summed E-state index contributed by atoms with van der Waals surface area (Å²) >= 11 is 0. The van der Waals surface area contributed by atoms with Crippen LogP contribution in [0.15, 0.2) is 140 Å². The molecule has 0 unspecified atom stereocenters. The molecule has 0 spiro atoms. The smallest absolute Gasteiger partial charge is 0.308 e. The predicted molar refractivity (Wildman–Crippen MR) is 241 cm³/mol. The van der Waals surface area contributed by atoms with Gasteiger partial charge in [0.25, 0.3) is 0 Å². The summed E-state index contributed by atoms with van der Waals surface area (Å²) in [6.07, 6.45) is -20.5. The van der Waals surface area contributed by atoms with E-state index in [0.29, 0.717) is 79.3 Å². The van der Waals surface area contributed by atoms with E-state index in [-0.39, 0.29) is 62.7 Å². The number of hydrogen-bond acceptors (Lipinski definition) is 3. The fraction of sp³-hybridized carbons (Fsp3) is 0.113. The van der Waals surface area contributed by atoms with E-state index in [9.17, 15) is 57.9 Å². The Morgan fingerprint density at radius 2 is 0.757 bits per heavy atom. The topological polar surface area (TPSA) is 59.4 Å². The van der Waals surface area contributed by atoms with Crippen molar-refractivity contribution in [3.8, 4) is 51.1 Å². The van der Waals surface area contributed by atoms with Gasteiger partial charge in [0.1, 0.15) is 0 Å². The summed E-state index contributed by atoms with van der Waals surface area (Å²) < 4.78 is 173. The lowest BCUT2D eigenvalue weighted by atomic mass is 9.98. The van der Waals surface area contributed by atoms with Gasteiger partial charge in [-0.1, -0.05) is 60.7 Å². The molecule has 0 saturated heterocycles. The van der Waals surface area contributed by atoms with E-state index in [4.69, 9.17) is 9.97 Å². The van der Waals surface area contributed by atoms with E-state index >= 15 is 0 Å². The number of benzene rings is 7. The molecule has 0 amide bonds. The highest BCUT2D eigenvalue weighted by molar-refractivity contribution is 6.13. The summed E-state index contributed by atoms with van der Waals surface area (Å²) in [6, 6.07) is 32.4. The van der Waals surface area contributed by atoms with Crippen LogP contribution in [-0.4, -0.2) is 19.1 Å². The first kappa shape index (κ1) is 45.6.